The minimum absolute atomic E-state index is 0.0326. The third-order valence-electron chi connectivity index (χ3n) is 4.86. The maximum Gasteiger partial charge on any atom is 0.229 e. The van der Waals surface area contributed by atoms with Gasteiger partial charge in [0.2, 0.25) is 17.7 Å². The second kappa shape index (κ2) is 6.94. The van der Waals surface area contributed by atoms with E-state index in [-0.39, 0.29) is 30.2 Å². The summed E-state index contributed by atoms with van der Waals surface area (Å²) in [5.74, 6) is 0.268. The minimum atomic E-state index is -0.130. The number of rotatable bonds is 5. The Hall–Kier alpha value is -2.17. The number of benzene rings is 1. The van der Waals surface area contributed by atoms with Crippen molar-refractivity contribution in [2.45, 2.75) is 38.0 Å². The van der Waals surface area contributed by atoms with Crippen molar-refractivity contribution < 1.29 is 14.4 Å². The molecule has 23 heavy (non-hydrogen) atoms. The zero-order chi connectivity index (χ0) is 16.2. The van der Waals surface area contributed by atoms with Crippen LogP contribution >= 0.6 is 0 Å². The largest absolute Gasteiger partial charge is 0.354 e. The summed E-state index contributed by atoms with van der Waals surface area (Å²) in [6, 6.07) is 10.3. The number of carbonyl (C=O) groups excluding carboxylic acids is 3. The van der Waals surface area contributed by atoms with Crippen LogP contribution in [-0.4, -0.2) is 35.7 Å². The molecule has 1 aliphatic carbocycles. The summed E-state index contributed by atoms with van der Waals surface area (Å²) in [5.41, 5.74) is 1.30. The van der Waals surface area contributed by atoms with E-state index in [0.29, 0.717) is 25.3 Å². The predicted molar refractivity (Wildman–Crippen MR) is 85.5 cm³/mol. The van der Waals surface area contributed by atoms with Crippen LogP contribution in [-0.2, 0) is 14.4 Å². The highest BCUT2D eigenvalue weighted by atomic mass is 16.2. The van der Waals surface area contributed by atoms with Crippen molar-refractivity contribution in [1.82, 2.24) is 10.2 Å². The van der Waals surface area contributed by atoms with E-state index in [0.717, 1.165) is 19.3 Å². The molecule has 1 aromatic rings. The molecule has 2 atom stereocenters. The van der Waals surface area contributed by atoms with Gasteiger partial charge in [-0.2, -0.15) is 0 Å². The standard InChI is InChI=1S/C18H22N2O3/c21-16-8-9-17(22)20(16)11-10-19-18(23)15-7-6-14(12-15)13-4-2-1-3-5-13/h1-5,14-15H,6-12H2,(H,19,23)/t14-,15+/m0/s1. The lowest BCUT2D eigenvalue weighted by Gasteiger charge is -2.16. The SMILES string of the molecule is O=C(NCCN1C(=O)CCC1=O)[C@@H]1CC[C@H](c2ccccc2)C1. The van der Waals surface area contributed by atoms with Crippen molar-refractivity contribution in [3.63, 3.8) is 0 Å². The molecule has 0 unspecified atom stereocenters. The second-order valence-corrected chi connectivity index (χ2v) is 6.35. The van der Waals surface area contributed by atoms with Crippen LogP contribution in [0, 0.1) is 5.92 Å². The van der Waals surface area contributed by atoms with E-state index in [2.05, 4.69) is 17.4 Å². The van der Waals surface area contributed by atoms with E-state index in [1.54, 1.807) is 0 Å². The van der Waals surface area contributed by atoms with Gasteiger partial charge in [0.1, 0.15) is 0 Å². The fourth-order valence-electron chi connectivity index (χ4n) is 3.56. The van der Waals surface area contributed by atoms with E-state index in [1.807, 2.05) is 18.2 Å². The van der Waals surface area contributed by atoms with Crippen LogP contribution in [0.25, 0.3) is 0 Å². The first-order valence-electron chi connectivity index (χ1n) is 8.31. The average Bonchev–Trinajstić information content (AvgIpc) is 3.18. The maximum absolute atomic E-state index is 12.3. The van der Waals surface area contributed by atoms with Gasteiger partial charge in [-0.25, -0.2) is 0 Å². The van der Waals surface area contributed by atoms with Crippen molar-refractivity contribution in [2.24, 2.45) is 5.92 Å². The Kier molecular flexibility index (Phi) is 4.74. The Balaban J connectivity index is 1.44. The van der Waals surface area contributed by atoms with Crippen molar-refractivity contribution in [1.29, 1.82) is 0 Å². The van der Waals surface area contributed by atoms with E-state index in [1.165, 1.54) is 10.5 Å². The molecule has 1 aliphatic heterocycles. The van der Waals surface area contributed by atoms with Crippen LogP contribution in [0.1, 0.15) is 43.6 Å². The van der Waals surface area contributed by atoms with Crippen LogP contribution in [0.4, 0.5) is 0 Å². The molecule has 5 nitrogen and oxygen atoms in total. The molecule has 3 rings (SSSR count). The lowest BCUT2D eigenvalue weighted by atomic mass is 9.96. The predicted octanol–water partition coefficient (Wildman–Crippen LogP) is 1.84. The summed E-state index contributed by atoms with van der Waals surface area (Å²) < 4.78 is 0. The van der Waals surface area contributed by atoms with Crippen LogP contribution in [0.5, 0.6) is 0 Å². The number of nitrogens with one attached hydrogen (secondary N) is 1. The van der Waals surface area contributed by atoms with Gasteiger partial charge in [0.15, 0.2) is 0 Å². The highest BCUT2D eigenvalue weighted by Gasteiger charge is 2.31. The van der Waals surface area contributed by atoms with Crippen molar-refractivity contribution in [2.75, 3.05) is 13.1 Å². The smallest absolute Gasteiger partial charge is 0.229 e. The Morgan fingerprint density at radius 2 is 1.78 bits per heavy atom. The zero-order valence-corrected chi connectivity index (χ0v) is 13.2. The molecule has 0 spiro atoms. The fourth-order valence-corrected chi connectivity index (χ4v) is 3.56. The number of nitrogens with zero attached hydrogens (tertiary/aromatic N) is 1. The molecule has 0 aromatic heterocycles. The topological polar surface area (TPSA) is 66.5 Å². The monoisotopic (exact) mass is 314 g/mol. The summed E-state index contributed by atoms with van der Waals surface area (Å²) in [6.07, 6.45) is 3.40. The van der Waals surface area contributed by atoms with Crippen LogP contribution in [0.2, 0.25) is 0 Å². The first kappa shape index (κ1) is 15.7. The van der Waals surface area contributed by atoms with Gasteiger partial charge in [0, 0.05) is 31.8 Å². The van der Waals surface area contributed by atoms with Crippen molar-refractivity contribution in [3.8, 4) is 0 Å². The molecule has 1 aromatic carbocycles. The Labute approximate surface area is 136 Å². The number of amides is 3. The van der Waals surface area contributed by atoms with Crippen molar-refractivity contribution >= 4 is 17.7 Å². The average molecular weight is 314 g/mol. The summed E-state index contributed by atoms with van der Waals surface area (Å²) in [5, 5.41) is 2.88. The van der Waals surface area contributed by atoms with E-state index in [9.17, 15) is 14.4 Å². The molecular formula is C18H22N2O3. The molecular weight excluding hydrogens is 292 g/mol. The maximum atomic E-state index is 12.3. The zero-order valence-electron chi connectivity index (χ0n) is 13.2. The lowest BCUT2D eigenvalue weighted by Crippen LogP contribution is -2.39. The van der Waals surface area contributed by atoms with Gasteiger partial charge in [-0.3, -0.25) is 19.3 Å². The minimum Gasteiger partial charge on any atom is -0.354 e. The molecule has 122 valence electrons. The van der Waals surface area contributed by atoms with Gasteiger partial charge in [0.05, 0.1) is 0 Å². The summed E-state index contributed by atoms with van der Waals surface area (Å²) in [7, 11) is 0. The molecule has 0 radical (unpaired) electrons. The lowest BCUT2D eigenvalue weighted by molar-refractivity contribution is -0.138. The molecule has 2 aliphatic rings. The summed E-state index contributed by atoms with van der Waals surface area (Å²) in [6.45, 7) is 0.640. The van der Waals surface area contributed by atoms with Crippen LogP contribution < -0.4 is 5.32 Å². The molecule has 0 bridgehead atoms. The normalized spacial score (nSPS) is 24.3. The van der Waals surface area contributed by atoms with Gasteiger partial charge in [-0.15, -0.1) is 0 Å². The molecule has 3 amide bonds. The number of hydrogen-bond acceptors (Lipinski definition) is 3. The van der Waals surface area contributed by atoms with E-state index < -0.39 is 0 Å². The van der Waals surface area contributed by atoms with Crippen LogP contribution in [0.3, 0.4) is 0 Å². The molecule has 1 saturated carbocycles. The first-order chi connectivity index (χ1) is 11.1. The van der Waals surface area contributed by atoms with Gasteiger partial charge < -0.3 is 5.32 Å². The number of likely N-dealkylation sites (tertiary alicyclic amines) is 1. The summed E-state index contributed by atoms with van der Waals surface area (Å²) >= 11 is 0. The molecule has 1 heterocycles. The van der Waals surface area contributed by atoms with Gasteiger partial charge in [0.25, 0.3) is 0 Å². The van der Waals surface area contributed by atoms with Crippen molar-refractivity contribution in [3.05, 3.63) is 35.9 Å². The Morgan fingerprint density at radius 3 is 2.48 bits per heavy atom. The Bertz CT molecular complexity index is 584. The fraction of sp³-hybridized carbons (Fsp3) is 0.500. The molecule has 1 N–H and O–H groups in total. The summed E-state index contributed by atoms with van der Waals surface area (Å²) in [4.78, 5) is 36.5. The Morgan fingerprint density at radius 1 is 1.09 bits per heavy atom. The van der Waals surface area contributed by atoms with Crippen LogP contribution in [0.15, 0.2) is 30.3 Å². The first-order valence-corrected chi connectivity index (χ1v) is 8.31. The van der Waals surface area contributed by atoms with E-state index in [4.69, 9.17) is 0 Å². The molecule has 2 fully saturated rings. The van der Waals surface area contributed by atoms with Gasteiger partial charge in [-0.05, 0) is 30.7 Å². The highest BCUT2D eigenvalue weighted by Crippen LogP contribution is 2.38. The third kappa shape index (κ3) is 3.60. The highest BCUT2D eigenvalue weighted by molar-refractivity contribution is 6.01. The second-order valence-electron chi connectivity index (χ2n) is 6.35. The molecule has 5 heteroatoms. The third-order valence-corrected chi connectivity index (χ3v) is 4.86. The van der Waals surface area contributed by atoms with E-state index >= 15 is 0 Å². The number of hydrogen-bond donors (Lipinski definition) is 1. The van der Waals surface area contributed by atoms with Gasteiger partial charge in [-0.1, -0.05) is 30.3 Å². The van der Waals surface area contributed by atoms with Gasteiger partial charge >= 0.3 is 0 Å². The number of carbonyl (C=O) groups is 3. The number of imide groups is 1. The molecule has 1 saturated heterocycles. The quantitative estimate of drug-likeness (QED) is 0.843.